The van der Waals surface area contributed by atoms with Gasteiger partial charge in [-0.15, -0.1) is 11.3 Å². The van der Waals surface area contributed by atoms with Crippen LogP contribution in [0, 0.1) is 20.8 Å². The zero-order valence-electron chi connectivity index (χ0n) is 15.9. The zero-order chi connectivity index (χ0) is 19.2. The van der Waals surface area contributed by atoms with Gasteiger partial charge in [-0.25, -0.2) is 4.98 Å². The Morgan fingerprint density at radius 3 is 2.70 bits per heavy atom. The second-order valence-electron chi connectivity index (χ2n) is 6.67. The first kappa shape index (κ1) is 19.1. The summed E-state index contributed by atoms with van der Waals surface area (Å²) in [5, 5.41) is 5.92. The fourth-order valence-electron chi connectivity index (χ4n) is 2.82. The number of benzene rings is 2. The molecule has 4 nitrogen and oxygen atoms in total. The lowest BCUT2D eigenvalue weighted by Gasteiger charge is -2.12. The molecule has 3 rings (SSSR count). The van der Waals surface area contributed by atoms with Crippen LogP contribution in [0.25, 0.3) is 0 Å². The molecule has 1 N–H and O–H groups in total. The van der Waals surface area contributed by atoms with E-state index < -0.39 is 0 Å². The van der Waals surface area contributed by atoms with E-state index in [1.165, 1.54) is 11.1 Å². The van der Waals surface area contributed by atoms with Gasteiger partial charge in [0.1, 0.15) is 5.75 Å². The third-order valence-electron chi connectivity index (χ3n) is 4.39. The minimum Gasteiger partial charge on any atom is -0.483 e. The van der Waals surface area contributed by atoms with Crippen LogP contribution in [0.3, 0.4) is 0 Å². The molecule has 0 saturated heterocycles. The van der Waals surface area contributed by atoms with Crippen molar-refractivity contribution in [1.29, 1.82) is 0 Å². The molecule has 140 valence electrons. The SMILES string of the molecule is Cc1cc(C)c(C)c(OCC(=O)NCc2csc(Cc3ccccc3)n2)c1. The topological polar surface area (TPSA) is 51.2 Å². The summed E-state index contributed by atoms with van der Waals surface area (Å²) in [6.07, 6.45) is 0.814. The lowest BCUT2D eigenvalue weighted by atomic mass is 10.1. The van der Waals surface area contributed by atoms with E-state index in [-0.39, 0.29) is 12.5 Å². The first-order valence-electron chi connectivity index (χ1n) is 8.96. The molecule has 1 aromatic heterocycles. The van der Waals surface area contributed by atoms with Crippen LogP contribution in [0.4, 0.5) is 0 Å². The molecule has 2 aromatic carbocycles. The maximum absolute atomic E-state index is 12.1. The van der Waals surface area contributed by atoms with Crippen molar-refractivity contribution >= 4 is 17.2 Å². The van der Waals surface area contributed by atoms with E-state index in [9.17, 15) is 4.79 Å². The molecule has 0 atom stereocenters. The first-order valence-corrected chi connectivity index (χ1v) is 9.84. The van der Waals surface area contributed by atoms with Gasteiger partial charge in [-0.3, -0.25) is 4.79 Å². The number of thiazole rings is 1. The summed E-state index contributed by atoms with van der Waals surface area (Å²) in [7, 11) is 0. The van der Waals surface area contributed by atoms with Gasteiger partial charge in [-0.1, -0.05) is 36.4 Å². The number of amides is 1. The summed E-state index contributed by atoms with van der Waals surface area (Å²) in [5.74, 6) is 0.618. The largest absolute Gasteiger partial charge is 0.483 e. The van der Waals surface area contributed by atoms with Crippen LogP contribution in [0.1, 0.15) is 33.0 Å². The lowest BCUT2D eigenvalue weighted by Crippen LogP contribution is -2.28. The van der Waals surface area contributed by atoms with E-state index in [4.69, 9.17) is 4.74 Å². The number of carbonyl (C=O) groups is 1. The number of hydrogen-bond donors (Lipinski definition) is 1. The maximum atomic E-state index is 12.1. The number of nitrogens with zero attached hydrogens (tertiary/aromatic N) is 1. The number of carbonyl (C=O) groups excluding carboxylic acids is 1. The van der Waals surface area contributed by atoms with Crippen molar-refractivity contribution in [2.75, 3.05) is 6.61 Å². The second-order valence-corrected chi connectivity index (χ2v) is 7.61. The Morgan fingerprint density at radius 1 is 1.15 bits per heavy atom. The molecule has 0 radical (unpaired) electrons. The molecule has 3 aromatic rings. The number of aryl methyl sites for hydroxylation is 2. The molecule has 0 aliphatic carbocycles. The highest BCUT2D eigenvalue weighted by Gasteiger charge is 2.09. The van der Waals surface area contributed by atoms with E-state index in [1.54, 1.807) is 11.3 Å². The summed E-state index contributed by atoms with van der Waals surface area (Å²) in [6.45, 7) is 6.49. The molecule has 0 aliphatic heterocycles. The third-order valence-corrected chi connectivity index (χ3v) is 5.28. The quantitative estimate of drug-likeness (QED) is 0.663. The van der Waals surface area contributed by atoms with Gasteiger partial charge in [-0.05, 0) is 49.1 Å². The fourth-order valence-corrected chi connectivity index (χ4v) is 3.64. The minimum absolute atomic E-state index is 0.00471. The molecule has 0 aliphatic rings. The van der Waals surface area contributed by atoms with Gasteiger partial charge in [0.25, 0.3) is 5.91 Å². The summed E-state index contributed by atoms with van der Waals surface area (Å²) < 4.78 is 5.70. The van der Waals surface area contributed by atoms with Crippen LogP contribution in [0.5, 0.6) is 5.75 Å². The molecule has 0 saturated carbocycles. The van der Waals surface area contributed by atoms with E-state index in [2.05, 4.69) is 28.5 Å². The highest BCUT2D eigenvalue weighted by Crippen LogP contribution is 2.23. The Hall–Kier alpha value is -2.66. The molecule has 5 heteroatoms. The first-order chi connectivity index (χ1) is 13.0. The molecule has 0 spiro atoms. The standard InChI is InChI=1S/C22H24N2O2S/c1-15-9-16(2)17(3)20(10-15)26-13-21(25)23-12-19-14-27-22(24-19)11-18-7-5-4-6-8-18/h4-10,14H,11-13H2,1-3H3,(H,23,25). The van der Waals surface area contributed by atoms with Crippen molar-refractivity contribution in [3.63, 3.8) is 0 Å². The number of nitrogens with one attached hydrogen (secondary N) is 1. The number of aromatic nitrogens is 1. The van der Waals surface area contributed by atoms with E-state index in [1.807, 2.05) is 50.4 Å². The molecular weight excluding hydrogens is 356 g/mol. The fraction of sp³-hybridized carbons (Fsp3) is 0.273. The predicted molar refractivity (Wildman–Crippen MR) is 109 cm³/mol. The van der Waals surface area contributed by atoms with Gasteiger partial charge in [0.05, 0.1) is 17.2 Å². The Morgan fingerprint density at radius 2 is 1.93 bits per heavy atom. The molecular formula is C22H24N2O2S. The Kier molecular flexibility index (Phi) is 6.24. The molecule has 0 bridgehead atoms. The van der Waals surface area contributed by atoms with E-state index >= 15 is 0 Å². The summed E-state index contributed by atoms with van der Waals surface area (Å²) >= 11 is 1.62. The second kappa shape index (κ2) is 8.82. The van der Waals surface area contributed by atoms with Crippen molar-refractivity contribution in [1.82, 2.24) is 10.3 Å². The lowest BCUT2D eigenvalue weighted by molar-refractivity contribution is -0.123. The maximum Gasteiger partial charge on any atom is 0.258 e. The summed E-state index contributed by atoms with van der Waals surface area (Å²) in [4.78, 5) is 16.7. The summed E-state index contributed by atoms with van der Waals surface area (Å²) in [6, 6.07) is 14.3. The van der Waals surface area contributed by atoms with Crippen molar-refractivity contribution in [3.8, 4) is 5.75 Å². The Bertz CT molecular complexity index is 919. The van der Waals surface area contributed by atoms with Crippen molar-refractivity contribution in [2.24, 2.45) is 0 Å². The van der Waals surface area contributed by atoms with Crippen molar-refractivity contribution < 1.29 is 9.53 Å². The monoisotopic (exact) mass is 380 g/mol. The average Bonchev–Trinajstić information content (AvgIpc) is 3.10. The van der Waals surface area contributed by atoms with Crippen LogP contribution >= 0.6 is 11.3 Å². The van der Waals surface area contributed by atoms with Gasteiger partial charge in [0.15, 0.2) is 6.61 Å². The van der Waals surface area contributed by atoms with Crippen molar-refractivity contribution in [3.05, 3.63) is 80.8 Å². The molecule has 1 heterocycles. The van der Waals surface area contributed by atoms with Crippen LogP contribution in [-0.4, -0.2) is 17.5 Å². The number of hydrogen-bond acceptors (Lipinski definition) is 4. The number of ether oxygens (including phenoxy) is 1. The zero-order valence-corrected chi connectivity index (χ0v) is 16.7. The van der Waals surface area contributed by atoms with Gasteiger partial charge in [-0.2, -0.15) is 0 Å². The van der Waals surface area contributed by atoms with Gasteiger partial charge >= 0.3 is 0 Å². The summed E-state index contributed by atoms with van der Waals surface area (Å²) in [5.41, 5.74) is 5.47. The molecule has 27 heavy (non-hydrogen) atoms. The van der Waals surface area contributed by atoms with Crippen molar-refractivity contribution in [2.45, 2.75) is 33.7 Å². The normalized spacial score (nSPS) is 10.6. The average molecular weight is 381 g/mol. The van der Waals surface area contributed by atoms with E-state index in [0.29, 0.717) is 6.54 Å². The minimum atomic E-state index is -0.147. The molecule has 1 amide bonds. The Balaban J connectivity index is 1.48. The highest BCUT2D eigenvalue weighted by atomic mass is 32.1. The van der Waals surface area contributed by atoms with Crippen LogP contribution in [-0.2, 0) is 17.8 Å². The van der Waals surface area contributed by atoms with Crippen LogP contribution in [0.2, 0.25) is 0 Å². The highest BCUT2D eigenvalue weighted by molar-refractivity contribution is 7.09. The molecule has 0 unspecified atom stereocenters. The van der Waals surface area contributed by atoms with Gasteiger partial charge in [0.2, 0.25) is 0 Å². The van der Waals surface area contributed by atoms with Crippen LogP contribution in [0.15, 0.2) is 47.8 Å². The van der Waals surface area contributed by atoms with Crippen LogP contribution < -0.4 is 10.1 Å². The predicted octanol–water partition coefficient (Wildman–Crippen LogP) is 4.35. The number of rotatable bonds is 7. The van der Waals surface area contributed by atoms with Gasteiger partial charge < -0.3 is 10.1 Å². The molecule has 0 fully saturated rings. The smallest absolute Gasteiger partial charge is 0.258 e. The van der Waals surface area contributed by atoms with Gasteiger partial charge in [0, 0.05) is 11.8 Å². The van der Waals surface area contributed by atoms with E-state index in [0.717, 1.165) is 34.0 Å². The third kappa shape index (κ3) is 5.41. The Labute approximate surface area is 164 Å².